The van der Waals surface area contributed by atoms with E-state index in [0.717, 1.165) is 74.5 Å². The molecule has 0 bridgehead atoms. The lowest BCUT2D eigenvalue weighted by Crippen LogP contribution is -2.45. The standard InChI is InChI=1S/C28H37N3O5.ClH/c1-34-23-8-4-21(5-9-23)20-31-19-15-28(26(31)32)13-17-30(18-14-28)16-12-25(29-27(33)36-3)22-6-10-24(35-2)11-7-22;/h4-11,25H,12-20H2,1-3H3,(H,29,33);1H. The van der Waals surface area contributed by atoms with E-state index < -0.39 is 6.09 Å². The third kappa shape index (κ3) is 6.87. The SMILES string of the molecule is COC(=O)NC(CCN1CCC2(CC1)CCN(Cc1ccc(OC)cc1)C2=O)c1ccc(OC)cc1.Cl. The minimum atomic E-state index is -0.443. The van der Waals surface area contributed by atoms with Gasteiger partial charge in [0, 0.05) is 19.6 Å². The Bertz CT molecular complexity index is 1020. The topological polar surface area (TPSA) is 80.3 Å². The summed E-state index contributed by atoms with van der Waals surface area (Å²) in [7, 11) is 4.67. The molecule has 2 aromatic carbocycles. The highest BCUT2D eigenvalue weighted by Crippen LogP contribution is 2.42. The van der Waals surface area contributed by atoms with Crippen molar-refractivity contribution in [3.05, 3.63) is 59.7 Å². The number of piperidine rings is 1. The number of nitrogens with zero attached hydrogens (tertiary/aromatic N) is 2. The number of hydrogen-bond donors (Lipinski definition) is 1. The molecule has 2 saturated heterocycles. The second-order valence-corrected chi connectivity index (χ2v) is 9.70. The lowest BCUT2D eigenvalue weighted by molar-refractivity contribution is -0.138. The molecule has 1 atom stereocenters. The Morgan fingerprint density at radius 1 is 0.919 bits per heavy atom. The fraction of sp³-hybridized carbons (Fsp3) is 0.500. The van der Waals surface area contributed by atoms with Gasteiger partial charge in [-0.15, -0.1) is 12.4 Å². The van der Waals surface area contributed by atoms with Crippen LogP contribution in [-0.4, -0.2) is 69.3 Å². The van der Waals surface area contributed by atoms with E-state index in [2.05, 4.69) is 10.2 Å². The molecule has 2 aromatic rings. The summed E-state index contributed by atoms with van der Waals surface area (Å²) in [5, 5.41) is 2.95. The monoisotopic (exact) mass is 531 g/mol. The number of benzene rings is 2. The molecule has 0 radical (unpaired) electrons. The predicted molar refractivity (Wildman–Crippen MR) is 144 cm³/mol. The second kappa shape index (κ2) is 13.0. The number of alkyl carbamates (subject to hydrolysis) is 1. The highest BCUT2D eigenvalue weighted by Gasteiger charge is 2.47. The number of carbonyl (C=O) groups is 2. The van der Waals surface area contributed by atoms with E-state index in [0.29, 0.717) is 12.5 Å². The van der Waals surface area contributed by atoms with Crippen LogP contribution in [0.5, 0.6) is 11.5 Å². The molecule has 0 aromatic heterocycles. The highest BCUT2D eigenvalue weighted by atomic mass is 35.5. The molecule has 9 heteroatoms. The van der Waals surface area contributed by atoms with Crippen molar-refractivity contribution in [2.45, 2.75) is 38.3 Å². The molecular weight excluding hydrogens is 494 g/mol. The van der Waals surface area contributed by atoms with Gasteiger partial charge in [-0.25, -0.2) is 4.79 Å². The number of hydrogen-bond acceptors (Lipinski definition) is 6. The summed E-state index contributed by atoms with van der Waals surface area (Å²) < 4.78 is 15.3. The average Bonchev–Trinajstić information content (AvgIpc) is 3.22. The summed E-state index contributed by atoms with van der Waals surface area (Å²) in [5.74, 6) is 1.90. The van der Waals surface area contributed by atoms with E-state index in [1.165, 1.54) is 7.11 Å². The van der Waals surface area contributed by atoms with Crippen LogP contribution in [0.1, 0.15) is 42.9 Å². The Hall–Kier alpha value is -2.97. The average molecular weight is 532 g/mol. The number of rotatable bonds is 9. The molecule has 0 aliphatic carbocycles. The molecule has 4 rings (SSSR count). The quantitative estimate of drug-likeness (QED) is 0.515. The van der Waals surface area contributed by atoms with Crippen LogP contribution >= 0.6 is 12.4 Å². The van der Waals surface area contributed by atoms with E-state index in [9.17, 15) is 9.59 Å². The van der Waals surface area contributed by atoms with E-state index in [1.807, 2.05) is 53.4 Å². The number of halogens is 1. The third-order valence-electron chi connectivity index (χ3n) is 7.68. The van der Waals surface area contributed by atoms with Gasteiger partial charge in [0.2, 0.25) is 5.91 Å². The fourth-order valence-electron chi connectivity index (χ4n) is 5.33. The lowest BCUT2D eigenvalue weighted by Gasteiger charge is -2.38. The Labute approximate surface area is 225 Å². The Morgan fingerprint density at radius 3 is 2.05 bits per heavy atom. The molecule has 8 nitrogen and oxygen atoms in total. The Kier molecular flexibility index (Phi) is 10.1. The number of carbonyl (C=O) groups excluding carboxylic acids is 2. The molecule has 0 saturated carbocycles. The van der Waals surface area contributed by atoms with Gasteiger partial charge in [0.05, 0.1) is 32.8 Å². The molecule has 2 aliphatic rings. The molecule has 1 spiro atoms. The fourth-order valence-corrected chi connectivity index (χ4v) is 5.33. The van der Waals surface area contributed by atoms with E-state index >= 15 is 0 Å². The molecule has 202 valence electrons. The van der Waals surface area contributed by atoms with E-state index in [4.69, 9.17) is 14.2 Å². The van der Waals surface area contributed by atoms with Gasteiger partial charge in [0.15, 0.2) is 0 Å². The zero-order chi connectivity index (χ0) is 25.5. The molecular formula is C28H38ClN3O5. The van der Waals surface area contributed by atoms with Crippen LogP contribution < -0.4 is 14.8 Å². The summed E-state index contributed by atoms with van der Waals surface area (Å²) in [6, 6.07) is 15.5. The van der Waals surface area contributed by atoms with Crippen molar-refractivity contribution in [2.24, 2.45) is 5.41 Å². The van der Waals surface area contributed by atoms with Gasteiger partial charge < -0.3 is 29.3 Å². The molecule has 1 N–H and O–H groups in total. The van der Waals surface area contributed by atoms with Gasteiger partial charge in [-0.1, -0.05) is 24.3 Å². The predicted octanol–water partition coefficient (Wildman–Crippen LogP) is 4.43. The second-order valence-electron chi connectivity index (χ2n) is 9.70. The van der Waals surface area contributed by atoms with Gasteiger partial charge in [-0.2, -0.15) is 0 Å². The summed E-state index contributed by atoms with van der Waals surface area (Å²) in [6.45, 7) is 4.07. The largest absolute Gasteiger partial charge is 0.497 e. The first kappa shape index (κ1) is 28.6. The van der Waals surface area contributed by atoms with Gasteiger partial charge in [0.1, 0.15) is 11.5 Å². The van der Waals surface area contributed by atoms with Crippen LogP contribution in [0.15, 0.2) is 48.5 Å². The number of ether oxygens (including phenoxy) is 3. The van der Waals surface area contributed by atoms with Crippen molar-refractivity contribution in [3.8, 4) is 11.5 Å². The van der Waals surface area contributed by atoms with Crippen molar-refractivity contribution < 1.29 is 23.8 Å². The zero-order valence-electron chi connectivity index (χ0n) is 21.9. The van der Waals surface area contributed by atoms with Gasteiger partial charge in [-0.05, 0) is 74.2 Å². The summed E-state index contributed by atoms with van der Waals surface area (Å²) in [4.78, 5) is 29.7. The van der Waals surface area contributed by atoms with Crippen LogP contribution in [0, 0.1) is 5.41 Å². The van der Waals surface area contributed by atoms with E-state index in [1.54, 1.807) is 14.2 Å². The maximum atomic E-state index is 13.4. The van der Waals surface area contributed by atoms with Gasteiger partial charge in [-0.3, -0.25) is 4.79 Å². The van der Waals surface area contributed by atoms with Crippen molar-refractivity contribution in [1.29, 1.82) is 0 Å². The summed E-state index contributed by atoms with van der Waals surface area (Å²) in [5.41, 5.74) is 1.90. The van der Waals surface area contributed by atoms with Crippen molar-refractivity contribution in [1.82, 2.24) is 15.1 Å². The Morgan fingerprint density at radius 2 is 1.49 bits per heavy atom. The number of nitrogens with one attached hydrogen (secondary N) is 1. The first-order chi connectivity index (χ1) is 17.5. The molecule has 2 fully saturated rings. The minimum Gasteiger partial charge on any atom is -0.497 e. The third-order valence-corrected chi connectivity index (χ3v) is 7.68. The Balaban J connectivity index is 0.00000380. The van der Waals surface area contributed by atoms with Crippen LogP contribution in [0.4, 0.5) is 4.79 Å². The van der Waals surface area contributed by atoms with Gasteiger partial charge in [0.25, 0.3) is 0 Å². The smallest absolute Gasteiger partial charge is 0.407 e. The maximum Gasteiger partial charge on any atom is 0.407 e. The first-order valence-electron chi connectivity index (χ1n) is 12.6. The minimum absolute atomic E-state index is 0. The van der Waals surface area contributed by atoms with Crippen LogP contribution in [0.3, 0.4) is 0 Å². The number of likely N-dealkylation sites (tertiary alicyclic amines) is 2. The first-order valence-corrected chi connectivity index (χ1v) is 12.6. The number of methoxy groups -OCH3 is 3. The zero-order valence-corrected chi connectivity index (χ0v) is 22.7. The van der Waals surface area contributed by atoms with Crippen molar-refractivity contribution in [3.63, 3.8) is 0 Å². The molecule has 1 unspecified atom stereocenters. The van der Waals surface area contributed by atoms with Crippen LogP contribution in [0.25, 0.3) is 0 Å². The molecule has 2 amide bonds. The van der Waals surface area contributed by atoms with Crippen molar-refractivity contribution >= 4 is 24.4 Å². The van der Waals surface area contributed by atoms with Crippen LogP contribution in [-0.2, 0) is 16.1 Å². The molecule has 2 heterocycles. The highest BCUT2D eigenvalue weighted by molar-refractivity contribution is 5.85. The molecule has 37 heavy (non-hydrogen) atoms. The molecule has 2 aliphatic heterocycles. The van der Waals surface area contributed by atoms with Crippen molar-refractivity contribution in [2.75, 3.05) is 47.5 Å². The summed E-state index contributed by atoms with van der Waals surface area (Å²) in [6.07, 6.45) is 2.99. The maximum absolute atomic E-state index is 13.4. The van der Waals surface area contributed by atoms with Gasteiger partial charge >= 0.3 is 6.09 Å². The normalized spacial score (nSPS) is 17.7. The summed E-state index contributed by atoms with van der Waals surface area (Å²) >= 11 is 0. The van der Waals surface area contributed by atoms with E-state index in [-0.39, 0.29) is 23.9 Å². The lowest BCUT2D eigenvalue weighted by atomic mass is 9.77. The van der Waals surface area contributed by atoms with Crippen LogP contribution in [0.2, 0.25) is 0 Å². The number of amides is 2.